The van der Waals surface area contributed by atoms with Crippen LogP contribution in [0.1, 0.15) is 72.1 Å². The van der Waals surface area contributed by atoms with Crippen molar-refractivity contribution < 1.29 is 0 Å². The Morgan fingerprint density at radius 1 is 0.565 bits per heavy atom. The molecule has 23 heavy (non-hydrogen) atoms. The zero-order valence-electron chi connectivity index (χ0n) is 17.3. The summed E-state index contributed by atoms with van der Waals surface area (Å²) in [5, 5.41) is 3.42. The van der Waals surface area contributed by atoms with Crippen LogP contribution in [0.5, 0.6) is 0 Å². The molecule has 0 atom stereocenters. The summed E-state index contributed by atoms with van der Waals surface area (Å²) < 4.78 is 0. The van der Waals surface area contributed by atoms with Gasteiger partial charge in [-0.15, -0.1) is 0 Å². The van der Waals surface area contributed by atoms with E-state index in [2.05, 4.69) is 82.2 Å². The SMILES string of the molecule is Cc1cc(C)c(P(C(C)C)C(C)C)c(C)c1P(C(C)C)C(C)C. The van der Waals surface area contributed by atoms with E-state index in [1.807, 2.05) is 0 Å². The fraction of sp³-hybridized carbons (Fsp3) is 0.714. The van der Waals surface area contributed by atoms with Gasteiger partial charge in [-0.25, -0.2) is 0 Å². The number of hydrogen-bond acceptors (Lipinski definition) is 0. The predicted octanol–water partition coefficient (Wildman–Crippen LogP) is 6.46. The van der Waals surface area contributed by atoms with Crippen LogP contribution in [0.3, 0.4) is 0 Å². The van der Waals surface area contributed by atoms with Crippen molar-refractivity contribution in [2.24, 2.45) is 0 Å². The van der Waals surface area contributed by atoms with E-state index < -0.39 is 0 Å². The smallest absolute Gasteiger partial charge is 0.0171 e. The largest absolute Gasteiger partial charge is 0.0695 e. The van der Waals surface area contributed by atoms with E-state index in [9.17, 15) is 0 Å². The van der Waals surface area contributed by atoms with Crippen LogP contribution in [-0.4, -0.2) is 22.6 Å². The van der Waals surface area contributed by atoms with E-state index in [0.717, 1.165) is 22.6 Å². The molecule has 0 radical (unpaired) electrons. The van der Waals surface area contributed by atoms with Crippen molar-refractivity contribution in [3.05, 3.63) is 22.8 Å². The van der Waals surface area contributed by atoms with E-state index in [1.54, 1.807) is 16.2 Å². The van der Waals surface area contributed by atoms with Crippen molar-refractivity contribution in [3.8, 4) is 0 Å². The molecule has 0 aliphatic rings. The highest BCUT2D eigenvalue weighted by molar-refractivity contribution is 7.68. The van der Waals surface area contributed by atoms with Gasteiger partial charge in [0.25, 0.3) is 0 Å². The zero-order chi connectivity index (χ0) is 18.1. The van der Waals surface area contributed by atoms with Gasteiger partial charge in [-0.1, -0.05) is 77.3 Å². The van der Waals surface area contributed by atoms with Crippen molar-refractivity contribution in [2.75, 3.05) is 0 Å². The lowest BCUT2D eigenvalue weighted by atomic mass is 10.1. The Kier molecular flexibility index (Phi) is 7.76. The van der Waals surface area contributed by atoms with Gasteiger partial charge >= 0.3 is 0 Å². The molecule has 0 saturated heterocycles. The average molecular weight is 352 g/mol. The predicted molar refractivity (Wildman–Crippen MR) is 114 cm³/mol. The van der Waals surface area contributed by atoms with Crippen molar-refractivity contribution >= 4 is 26.5 Å². The van der Waals surface area contributed by atoms with Crippen LogP contribution >= 0.6 is 15.8 Å². The molecule has 0 amide bonds. The van der Waals surface area contributed by atoms with E-state index in [-0.39, 0.29) is 15.8 Å². The minimum absolute atomic E-state index is 0.0970. The summed E-state index contributed by atoms with van der Waals surface area (Å²) in [6.07, 6.45) is 0. The normalized spacial score (nSPS) is 12.7. The highest BCUT2D eigenvalue weighted by Crippen LogP contribution is 2.50. The van der Waals surface area contributed by atoms with Gasteiger partial charge in [0.05, 0.1) is 0 Å². The molecule has 2 heteroatoms. The third kappa shape index (κ3) is 4.58. The molecule has 0 unspecified atom stereocenters. The fourth-order valence-corrected chi connectivity index (χ4v) is 10.7. The first-order chi connectivity index (χ1) is 10.5. The van der Waals surface area contributed by atoms with E-state index >= 15 is 0 Å². The van der Waals surface area contributed by atoms with Gasteiger partial charge in [-0.05, 0) is 70.7 Å². The molecule has 1 aromatic carbocycles. The van der Waals surface area contributed by atoms with Gasteiger partial charge in [-0.2, -0.15) is 0 Å². The molecule has 1 aromatic rings. The second kappa shape index (κ2) is 8.45. The van der Waals surface area contributed by atoms with Crippen LogP contribution in [0.15, 0.2) is 6.07 Å². The number of aryl methyl sites for hydroxylation is 2. The lowest BCUT2D eigenvalue weighted by Crippen LogP contribution is -2.29. The molecule has 0 bridgehead atoms. The van der Waals surface area contributed by atoms with Gasteiger partial charge < -0.3 is 0 Å². The summed E-state index contributed by atoms with van der Waals surface area (Å²) in [6.45, 7) is 26.4. The summed E-state index contributed by atoms with van der Waals surface area (Å²) >= 11 is 0. The minimum atomic E-state index is -0.0970. The average Bonchev–Trinajstić information content (AvgIpc) is 2.36. The van der Waals surface area contributed by atoms with Crippen LogP contribution in [0.2, 0.25) is 0 Å². The third-order valence-electron chi connectivity index (χ3n) is 4.63. The van der Waals surface area contributed by atoms with Gasteiger partial charge in [0.1, 0.15) is 0 Å². The Hall–Kier alpha value is 0.0800. The zero-order valence-corrected chi connectivity index (χ0v) is 19.1. The minimum Gasteiger partial charge on any atom is -0.0695 e. The van der Waals surface area contributed by atoms with Crippen LogP contribution in [0, 0.1) is 20.8 Å². The van der Waals surface area contributed by atoms with Crippen LogP contribution in [0.4, 0.5) is 0 Å². The Balaban J connectivity index is 3.67. The second-order valence-corrected chi connectivity index (χ2v) is 14.7. The molecule has 0 fully saturated rings. The van der Waals surface area contributed by atoms with Gasteiger partial charge in [0.15, 0.2) is 0 Å². The Bertz CT molecular complexity index is 467. The van der Waals surface area contributed by atoms with Crippen LogP contribution < -0.4 is 10.6 Å². The summed E-state index contributed by atoms with van der Waals surface area (Å²) in [7, 11) is -0.194. The topological polar surface area (TPSA) is 0 Å². The first kappa shape index (κ1) is 21.1. The first-order valence-electron chi connectivity index (χ1n) is 9.18. The molecule has 0 heterocycles. The fourth-order valence-electron chi connectivity index (χ4n) is 4.19. The van der Waals surface area contributed by atoms with Gasteiger partial charge in [-0.3, -0.25) is 0 Å². The van der Waals surface area contributed by atoms with Gasteiger partial charge in [0.2, 0.25) is 0 Å². The van der Waals surface area contributed by atoms with Crippen molar-refractivity contribution in [1.82, 2.24) is 0 Å². The van der Waals surface area contributed by atoms with Crippen molar-refractivity contribution in [3.63, 3.8) is 0 Å². The molecule has 1 rings (SSSR count). The maximum atomic E-state index is 2.48. The highest BCUT2D eigenvalue weighted by Gasteiger charge is 2.28. The molecular weight excluding hydrogens is 314 g/mol. The molecule has 0 spiro atoms. The Morgan fingerprint density at radius 3 is 1.04 bits per heavy atom. The number of benzene rings is 1. The molecular formula is C21H38P2. The summed E-state index contributed by atoms with van der Waals surface area (Å²) in [4.78, 5) is 0. The molecule has 0 aromatic heterocycles. The molecule has 0 aliphatic carbocycles. The number of rotatable bonds is 6. The van der Waals surface area contributed by atoms with Crippen LogP contribution in [0.25, 0.3) is 0 Å². The van der Waals surface area contributed by atoms with Crippen molar-refractivity contribution in [2.45, 2.75) is 98.8 Å². The van der Waals surface area contributed by atoms with Gasteiger partial charge in [0, 0.05) is 0 Å². The lowest BCUT2D eigenvalue weighted by Gasteiger charge is -2.35. The third-order valence-corrected chi connectivity index (χ3v) is 11.5. The van der Waals surface area contributed by atoms with E-state index in [0.29, 0.717) is 0 Å². The maximum absolute atomic E-state index is 2.48. The Morgan fingerprint density at radius 2 is 0.826 bits per heavy atom. The molecule has 0 saturated carbocycles. The lowest BCUT2D eigenvalue weighted by molar-refractivity contribution is 1.01. The standard InChI is InChI=1S/C21H38P2/c1-13(2)22(14(3)4)20-17(9)12-18(10)21(19(20)11)23(15(5)6)16(7)8/h12-16H,1-11H3. The molecule has 0 aliphatic heterocycles. The second-order valence-electron chi connectivity index (χ2n) is 8.02. The molecule has 132 valence electrons. The molecule has 0 N–H and O–H groups in total. The van der Waals surface area contributed by atoms with E-state index in [1.165, 1.54) is 11.1 Å². The maximum Gasteiger partial charge on any atom is -0.0171 e. The highest BCUT2D eigenvalue weighted by atomic mass is 31.1. The van der Waals surface area contributed by atoms with E-state index in [4.69, 9.17) is 0 Å². The summed E-state index contributed by atoms with van der Waals surface area (Å²) in [5.74, 6) is 0. The monoisotopic (exact) mass is 352 g/mol. The Labute approximate surface area is 148 Å². The van der Waals surface area contributed by atoms with Crippen LogP contribution in [-0.2, 0) is 0 Å². The van der Waals surface area contributed by atoms with Crippen molar-refractivity contribution in [1.29, 1.82) is 0 Å². The summed E-state index contributed by atoms with van der Waals surface area (Å²) in [6, 6.07) is 2.48. The summed E-state index contributed by atoms with van der Waals surface area (Å²) in [5.41, 5.74) is 7.69. The number of hydrogen-bond donors (Lipinski definition) is 0. The first-order valence-corrected chi connectivity index (χ1v) is 12.1. The molecule has 0 nitrogen and oxygen atoms in total. The quantitative estimate of drug-likeness (QED) is 0.515.